The van der Waals surface area contributed by atoms with Gasteiger partial charge in [-0.25, -0.2) is 0 Å². The van der Waals surface area contributed by atoms with Crippen molar-refractivity contribution < 1.29 is 9.72 Å². The molecule has 1 aromatic carbocycles. The molecule has 1 aromatic rings. The number of nitro benzene ring substituents is 1. The molecule has 1 amide bonds. The van der Waals surface area contributed by atoms with Crippen LogP contribution in [0.4, 0.5) is 5.69 Å². The number of carbonyl (C=O) groups is 1. The molecular weight excluding hydrogens is 232 g/mol. The number of nitrogens with zero attached hydrogens (tertiary/aromatic N) is 1. The van der Waals surface area contributed by atoms with Crippen LogP contribution in [0, 0.1) is 10.1 Å². The fourth-order valence-corrected chi connectivity index (χ4v) is 1.25. The average Bonchev–Trinajstić information content (AvgIpc) is 2.26. The number of halogens is 1. The lowest BCUT2D eigenvalue weighted by Crippen LogP contribution is -2.23. The number of amides is 1. The number of nitrogens with one attached hydrogen (secondary N) is 1. The third kappa shape index (κ3) is 2.80. The van der Waals surface area contributed by atoms with Crippen LogP contribution in [0.25, 0.3) is 0 Å². The first kappa shape index (κ1) is 12.2. The molecule has 0 aliphatic carbocycles. The Bertz CT molecular complexity index is 446. The maximum Gasteiger partial charge on any atom is 0.288 e. The van der Waals surface area contributed by atoms with E-state index in [1.165, 1.54) is 18.2 Å². The van der Waals surface area contributed by atoms with Crippen molar-refractivity contribution in [3.8, 4) is 0 Å². The van der Waals surface area contributed by atoms with Crippen LogP contribution in [-0.2, 0) is 0 Å². The van der Waals surface area contributed by atoms with E-state index in [9.17, 15) is 14.9 Å². The van der Waals surface area contributed by atoms with Crippen LogP contribution in [0.2, 0.25) is 5.02 Å². The second kappa shape index (κ2) is 5.27. The minimum absolute atomic E-state index is 0.00488. The Morgan fingerprint density at radius 2 is 2.31 bits per heavy atom. The third-order valence-corrected chi connectivity index (χ3v) is 2.13. The second-order valence-corrected chi connectivity index (χ2v) is 3.33. The average molecular weight is 241 g/mol. The van der Waals surface area contributed by atoms with E-state index < -0.39 is 10.8 Å². The molecule has 0 aliphatic heterocycles. The molecule has 16 heavy (non-hydrogen) atoms. The predicted octanol–water partition coefficient (Wildman–Crippen LogP) is 2.16. The highest BCUT2D eigenvalue weighted by Crippen LogP contribution is 2.24. The van der Waals surface area contributed by atoms with E-state index in [1.54, 1.807) is 0 Å². The summed E-state index contributed by atoms with van der Waals surface area (Å²) in [6, 6.07) is 3.89. The number of nitro groups is 1. The molecule has 84 valence electrons. The molecule has 0 unspecified atom stereocenters. The van der Waals surface area contributed by atoms with Gasteiger partial charge in [-0.3, -0.25) is 14.9 Å². The molecule has 0 heterocycles. The van der Waals surface area contributed by atoms with Gasteiger partial charge < -0.3 is 5.32 Å². The fourth-order valence-electron chi connectivity index (χ4n) is 1.06. The summed E-state index contributed by atoms with van der Waals surface area (Å²) in [4.78, 5) is 21.4. The van der Waals surface area contributed by atoms with Crippen molar-refractivity contribution in [2.45, 2.75) is 0 Å². The standard InChI is InChI=1S/C10H9ClN2O3/c1-2-5-12-10(14)7-3-4-8(11)9(6-7)13(15)16/h2-4,6H,1,5H2,(H,12,14). The number of benzene rings is 1. The number of rotatable bonds is 4. The van der Waals surface area contributed by atoms with Gasteiger partial charge in [-0.15, -0.1) is 6.58 Å². The second-order valence-electron chi connectivity index (χ2n) is 2.92. The first-order valence-electron chi connectivity index (χ1n) is 4.39. The van der Waals surface area contributed by atoms with Gasteiger partial charge in [0.1, 0.15) is 5.02 Å². The lowest BCUT2D eigenvalue weighted by Gasteiger charge is -2.02. The van der Waals surface area contributed by atoms with E-state index >= 15 is 0 Å². The summed E-state index contributed by atoms with van der Waals surface area (Å²) in [7, 11) is 0. The van der Waals surface area contributed by atoms with Crippen LogP contribution in [-0.4, -0.2) is 17.4 Å². The van der Waals surface area contributed by atoms with Crippen molar-refractivity contribution in [2.75, 3.05) is 6.54 Å². The molecular formula is C10H9ClN2O3. The molecule has 0 fully saturated rings. The molecule has 0 spiro atoms. The zero-order chi connectivity index (χ0) is 12.1. The van der Waals surface area contributed by atoms with Crippen LogP contribution in [0.3, 0.4) is 0 Å². The number of hydrogen-bond donors (Lipinski definition) is 1. The van der Waals surface area contributed by atoms with Crippen molar-refractivity contribution in [1.29, 1.82) is 0 Å². The molecule has 0 saturated heterocycles. The Hall–Kier alpha value is -1.88. The summed E-state index contributed by atoms with van der Waals surface area (Å²) in [5.74, 6) is -0.403. The van der Waals surface area contributed by atoms with Gasteiger partial charge in [0.2, 0.25) is 0 Å². The molecule has 0 atom stereocenters. The van der Waals surface area contributed by atoms with Crippen LogP contribution in [0.5, 0.6) is 0 Å². The summed E-state index contributed by atoms with van der Waals surface area (Å²) in [5.41, 5.74) is -0.0918. The van der Waals surface area contributed by atoms with E-state index in [0.29, 0.717) is 6.54 Å². The zero-order valence-electron chi connectivity index (χ0n) is 8.27. The summed E-state index contributed by atoms with van der Waals surface area (Å²) >= 11 is 5.61. The van der Waals surface area contributed by atoms with Crippen molar-refractivity contribution in [3.05, 3.63) is 51.6 Å². The SMILES string of the molecule is C=CCNC(=O)c1ccc(Cl)c([N+](=O)[O-])c1. The Labute approximate surface area is 96.9 Å². The van der Waals surface area contributed by atoms with Crippen LogP contribution < -0.4 is 5.32 Å². The van der Waals surface area contributed by atoms with E-state index in [4.69, 9.17) is 11.6 Å². The summed E-state index contributed by atoms with van der Waals surface area (Å²) in [5, 5.41) is 13.1. The lowest BCUT2D eigenvalue weighted by molar-refractivity contribution is -0.384. The number of carbonyl (C=O) groups excluding carboxylic acids is 1. The minimum atomic E-state index is -0.632. The topological polar surface area (TPSA) is 72.2 Å². The van der Waals surface area contributed by atoms with E-state index in [-0.39, 0.29) is 16.3 Å². The zero-order valence-corrected chi connectivity index (χ0v) is 9.03. The van der Waals surface area contributed by atoms with Gasteiger partial charge in [0.05, 0.1) is 4.92 Å². The van der Waals surface area contributed by atoms with Gasteiger partial charge in [0.25, 0.3) is 11.6 Å². The monoisotopic (exact) mass is 240 g/mol. The van der Waals surface area contributed by atoms with E-state index in [0.717, 1.165) is 6.07 Å². The van der Waals surface area contributed by atoms with Crippen LogP contribution >= 0.6 is 11.6 Å². The highest BCUT2D eigenvalue weighted by molar-refractivity contribution is 6.32. The first-order chi connectivity index (χ1) is 7.56. The van der Waals surface area contributed by atoms with Crippen molar-refractivity contribution in [1.82, 2.24) is 5.32 Å². The predicted molar refractivity (Wildman–Crippen MR) is 60.6 cm³/mol. The van der Waals surface area contributed by atoms with Gasteiger partial charge in [-0.1, -0.05) is 17.7 Å². The Morgan fingerprint density at radius 1 is 1.62 bits per heavy atom. The summed E-state index contributed by atoms with van der Waals surface area (Å²) in [6.07, 6.45) is 1.52. The van der Waals surface area contributed by atoms with Gasteiger partial charge in [-0.2, -0.15) is 0 Å². The quantitative estimate of drug-likeness (QED) is 0.498. The minimum Gasteiger partial charge on any atom is -0.349 e. The normalized spacial score (nSPS) is 9.56. The van der Waals surface area contributed by atoms with Crippen molar-refractivity contribution in [2.24, 2.45) is 0 Å². The maximum absolute atomic E-state index is 11.5. The molecule has 0 saturated carbocycles. The van der Waals surface area contributed by atoms with Crippen molar-refractivity contribution >= 4 is 23.2 Å². The third-order valence-electron chi connectivity index (χ3n) is 1.81. The molecule has 1 rings (SSSR count). The largest absolute Gasteiger partial charge is 0.349 e. The van der Waals surface area contributed by atoms with Gasteiger partial charge in [0.15, 0.2) is 0 Å². The molecule has 5 nitrogen and oxygen atoms in total. The van der Waals surface area contributed by atoms with E-state index in [2.05, 4.69) is 11.9 Å². The molecule has 0 bridgehead atoms. The maximum atomic E-state index is 11.5. The first-order valence-corrected chi connectivity index (χ1v) is 4.77. The lowest BCUT2D eigenvalue weighted by atomic mass is 10.2. The van der Waals surface area contributed by atoms with Crippen molar-refractivity contribution in [3.63, 3.8) is 0 Å². The molecule has 0 radical (unpaired) electrons. The Morgan fingerprint density at radius 3 is 2.88 bits per heavy atom. The van der Waals surface area contributed by atoms with E-state index in [1.807, 2.05) is 0 Å². The van der Waals surface area contributed by atoms with Crippen LogP contribution in [0.15, 0.2) is 30.9 Å². The highest BCUT2D eigenvalue weighted by atomic mass is 35.5. The Kier molecular flexibility index (Phi) is 4.02. The molecule has 0 aromatic heterocycles. The molecule has 1 N–H and O–H groups in total. The fraction of sp³-hybridized carbons (Fsp3) is 0.100. The summed E-state index contributed by atoms with van der Waals surface area (Å²) in [6.45, 7) is 3.74. The summed E-state index contributed by atoms with van der Waals surface area (Å²) < 4.78 is 0. The van der Waals surface area contributed by atoms with Gasteiger partial charge in [-0.05, 0) is 12.1 Å². The highest BCUT2D eigenvalue weighted by Gasteiger charge is 2.15. The number of hydrogen-bond acceptors (Lipinski definition) is 3. The van der Waals surface area contributed by atoms with Crippen LogP contribution in [0.1, 0.15) is 10.4 Å². The Balaban J connectivity index is 2.98. The molecule has 0 aliphatic rings. The van der Waals surface area contributed by atoms with Gasteiger partial charge in [0, 0.05) is 18.2 Å². The smallest absolute Gasteiger partial charge is 0.288 e. The van der Waals surface area contributed by atoms with Gasteiger partial charge >= 0.3 is 0 Å². The molecule has 6 heteroatoms.